The van der Waals surface area contributed by atoms with Crippen LogP contribution in [0.25, 0.3) is 10.9 Å². The van der Waals surface area contributed by atoms with E-state index in [2.05, 4.69) is 4.90 Å². The monoisotopic (exact) mass is 434 g/mol. The zero-order valence-corrected chi connectivity index (χ0v) is 19.2. The summed E-state index contributed by atoms with van der Waals surface area (Å²) in [4.78, 5) is 31.8. The van der Waals surface area contributed by atoms with E-state index in [0.29, 0.717) is 25.3 Å². The second-order valence-electron chi connectivity index (χ2n) is 8.22. The van der Waals surface area contributed by atoms with Gasteiger partial charge in [-0.15, -0.1) is 0 Å². The Hall–Kier alpha value is -3.32. The van der Waals surface area contributed by atoms with Crippen LogP contribution in [0, 0.1) is 0 Å². The molecule has 0 bridgehead atoms. The molecule has 1 aliphatic rings. The van der Waals surface area contributed by atoms with E-state index in [1.54, 1.807) is 22.6 Å². The molecule has 1 aromatic heterocycles. The predicted molar refractivity (Wildman–Crippen MR) is 130 cm³/mol. The van der Waals surface area contributed by atoms with E-state index in [9.17, 15) is 9.59 Å². The zero-order valence-electron chi connectivity index (χ0n) is 19.2. The maximum atomic E-state index is 13.2. The average molecular weight is 435 g/mol. The highest BCUT2D eigenvalue weighted by Crippen LogP contribution is 2.30. The fourth-order valence-electron chi connectivity index (χ4n) is 4.18. The normalized spacial score (nSPS) is 13.9. The van der Waals surface area contributed by atoms with Crippen LogP contribution < -0.4 is 20.3 Å². The Morgan fingerprint density at radius 1 is 1.00 bits per heavy atom. The lowest BCUT2D eigenvalue weighted by Crippen LogP contribution is -2.37. The van der Waals surface area contributed by atoms with Crippen molar-refractivity contribution in [3.05, 3.63) is 64.4 Å². The highest BCUT2D eigenvalue weighted by Gasteiger charge is 2.20. The largest absolute Gasteiger partial charge is 0.378 e. The molecule has 0 aliphatic carbocycles. The minimum absolute atomic E-state index is 0.0147. The molecular formula is C25H30N4O3. The number of anilines is 3. The molecule has 0 saturated carbocycles. The van der Waals surface area contributed by atoms with Gasteiger partial charge in [-0.05, 0) is 43.3 Å². The van der Waals surface area contributed by atoms with Crippen LogP contribution >= 0.6 is 0 Å². The van der Waals surface area contributed by atoms with Gasteiger partial charge in [-0.3, -0.25) is 9.59 Å². The van der Waals surface area contributed by atoms with Gasteiger partial charge in [0.25, 0.3) is 11.5 Å². The number of benzene rings is 2. The third kappa shape index (κ3) is 4.08. The van der Waals surface area contributed by atoms with E-state index in [1.165, 1.54) is 0 Å². The first-order chi connectivity index (χ1) is 15.4. The second kappa shape index (κ2) is 9.04. The van der Waals surface area contributed by atoms with Gasteiger partial charge in [0.15, 0.2) is 0 Å². The summed E-state index contributed by atoms with van der Waals surface area (Å²) in [5, 5.41) is 0.965. The quantitative estimate of drug-likeness (QED) is 0.617. The number of aryl methyl sites for hydroxylation is 1. The summed E-state index contributed by atoms with van der Waals surface area (Å²) >= 11 is 0. The lowest BCUT2D eigenvalue weighted by atomic mass is 10.1. The van der Waals surface area contributed by atoms with E-state index in [0.717, 1.165) is 41.1 Å². The Labute approximate surface area is 188 Å². The smallest absolute Gasteiger partial charge is 0.258 e. The summed E-state index contributed by atoms with van der Waals surface area (Å²) in [5.41, 5.74) is 4.15. The zero-order chi connectivity index (χ0) is 22.8. The maximum Gasteiger partial charge on any atom is 0.258 e. The number of fused-ring (bicyclic) bond motifs is 1. The number of hydrogen-bond acceptors (Lipinski definition) is 5. The number of pyridine rings is 1. The number of nitrogens with zero attached hydrogens (tertiary/aromatic N) is 4. The van der Waals surface area contributed by atoms with Crippen molar-refractivity contribution in [3.63, 3.8) is 0 Å². The molecule has 7 nitrogen and oxygen atoms in total. The van der Waals surface area contributed by atoms with Gasteiger partial charge in [0.1, 0.15) is 0 Å². The number of ether oxygens (including phenoxy) is 1. The molecule has 0 spiro atoms. The van der Waals surface area contributed by atoms with E-state index in [-0.39, 0.29) is 11.5 Å². The standard InChI is InChI=1S/C25H30N4O3/c1-5-29-22-10-9-20(27(4)25(31)18-7-6-8-19(15-18)26(2)3)16-21(22)23(17-24(29)30)28-11-13-32-14-12-28/h6-10,15-17H,5,11-14H2,1-4H3. The average Bonchev–Trinajstić information content (AvgIpc) is 2.83. The second-order valence-corrected chi connectivity index (χ2v) is 8.22. The Morgan fingerprint density at radius 3 is 2.44 bits per heavy atom. The van der Waals surface area contributed by atoms with Crippen molar-refractivity contribution < 1.29 is 9.53 Å². The number of aromatic nitrogens is 1. The first-order valence-corrected chi connectivity index (χ1v) is 11.0. The first-order valence-electron chi connectivity index (χ1n) is 11.0. The van der Waals surface area contributed by atoms with E-state index in [1.807, 2.05) is 68.4 Å². The fourth-order valence-corrected chi connectivity index (χ4v) is 4.18. The summed E-state index contributed by atoms with van der Waals surface area (Å²) in [6, 6.07) is 15.2. The Bertz CT molecular complexity index is 1200. The predicted octanol–water partition coefficient (Wildman–Crippen LogP) is 3.20. The fraction of sp³-hybridized carbons (Fsp3) is 0.360. The summed E-state index contributed by atoms with van der Waals surface area (Å²) < 4.78 is 7.27. The Balaban J connectivity index is 1.78. The lowest BCUT2D eigenvalue weighted by molar-refractivity contribution is 0.0993. The molecule has 1 amide bonds. The molecule has 168 valence electrons. The molecule has 3 aromatic rings. The highest BCUT2D eigenvalue weighted by atomic mass is 16.5. The van der Waals surface area contributed by atoms with Gasteiger partial charge in [0.05, 0.1) is 24.4 Å². The number of carbonyl (C=O) groups excluding carboxylic acids is 1. The molecule has 1 fully saturated rings. The summed E-state index contributed by atoms with van der Waals surface area (Å²) in [5.74, 6) is -0.0789. The van der Waals surface area contributed by atoms with Crippen molar-refractivity contribution in [1.82, 2.24) is 4.57 Å². The molecular weight excluding hydrogens is 404 g/mol. The maximum absolute atomic E-state index is 13.2. The van der Waals surface area contributed by atoms with Crippen LogP contribution in [0.1, 0.15) is 17.3 Å². The van der Waals surface area contributed by atoms with Gasteiger partial charge in [-0.1, -0.05) is 6.07 Å². The topological polar surface area (TPSA) is 58.0 Å². The molecule has 7 heteroatoms. The minimum Gasteiger partial charge on any atom is -0.378 e. The van der Waals surface area contributed by atoms with Gasteiger partial charge in [0.2, 0.25) is 0 Å². The van der Waals surface area contributed by atoms with Gasteiger partial charge in [0, 0.05) is 69.2 Å². The van der Waals surface area contributed by atoms with Gasteiger partial charge in [-0.2, -0.15) is 0 Å². The van der Waals surface area contributed by atoms with Crippen molar-refractivity contribution in [2.45, 2.75) is 13.5 Å². The summed E-state index contributed by atoms with van der Waals surface area (Å²) in [6.07, 6.45) is 0. The van der Waals surface area contributed by atoms with Gasteiger partial charge < -0.3 is 24.0 Å². The van der Waals surface area contributed by atoms with Crippen molar-refractivity contribution in [3.8, 4) is 0 Å². The molecule has 0 radical (unpaired) electrons. The van der Waals surface area contributed by atoms with Crippen LogP contribution in [0.5, 0.6) is 0 Å². The minimum atomic E-state index is -0.0789. The van der Waals surface area contributed by atoms with Crippen molar-refractivity contribution in [2.75, 3.05) is 62.1 Å². The molecule has 2 heterocycles. The number of rotatable bonds is 5. The number of morpholine rings is 1. The molecule has 32 heavy (non-hydrogen) atoms. The van der Waals surface area contributed by atoms with E-state index >= 15 is 0 Å². The molecule has 1 saturated heterocycles. The van der Waals surface area contributed by atoms with Crippen molar-refractivity contribution in [2.24, 2.45) is 0 Å². The number of amides is 1. The molecule has 2 aromatic carbocycles. The van der Waals surface area contributed by atoms with Crippen molar-refractivity contribution in [1.29, 1.82) is 0 Å². The SMILES string of the molecule is CCn1c(=O)cc(N2CCOCC2)c2cc(N(C)C(=O)c3cccc(N(C)C)c3)ccc21. The molecule has 0 atom stereocenters. The van der Waals surface area contributed by atoms with E-state index < -0.39 is 0 Å². The Kier molecular flexibility index (Phi) is 6.19. The van der Waals surface area contributed by atoms with Crippen molar-refractivity contribution >= 4 is 33.9 Å². The van der Waals surface area contributed by atoms with Crippen LogP contribution in [-0.4, -0.2) is 57.9 Å². The lowest BCUT2D eigenvalue weighted by Gasteiger charge is -2.30. The van der Waals surface area contributed by atoms with Crippen LogP contribution in [0.2, 0.25) is 0 Å². The Morgan fingerprint density at radius 2 is 1.75 bits per heavy atom. The number of hydrogen-bond donors (Lipinski definition) is 0. The first kappa shape index (κ1) is 21.9. The molecule has 0 unspecified atom stereocenters. The van der Waals surface area contributed by atoms with Crippen LogP contribution in [-0.2, 0) is 11.3 Å². The van der Waals surface area contributed by atoms with Gasteiger partial charge in [-0.25, -0.2) is 0 Å². The van der Waals surface area contributed by atoms with Crippen LogP contribution in [0.4, 0.5) is 17.1 Å². The molecule has 4 rings (SSSR count). The molecule has 0 N–H and O–H groups in total. The third-order valence-corrected chi connectivity index (χ3v) is 6.04. The number of carbonyl (C=O) groups is 1. The highest BCUT2D eigenvalue weighted by molar-refractivity contribution is 6.07. The van der Waals surface area contributed by atoms with Crippen LogP contribution in [0.3, 0.4) is 0 Å². The van der Waals surface area contributed by atoms with Crippen LogP contribution in [0.15, 0.2) is 53.3 Å². The molecule has 1 aliphatic heterocycles. The third-order valence-electron chi connectivity index (χ3n) is 6.04. The van der Waals surface area contributed by atoms with E-state index in [4.69, 9.17) is 4.74 Å². The summed E-state index contributed by atoms with van der Waals surface area (Å²) in [7, 11) is 5.70. The van der Waals surface area contributed by atoms with Gasteiger partial charge >= 0.3 is 0 Å². The summed E-state index contributed by atoms with van der Waals surface area (Å²) in [6.45, 7) is 5.31.